The predicted molar refractivity (Wildman–Crippen MR) is 136 cm³/mol. The topological polar surface area (TPSA) is 72.7 Å². The number of thiocarbonyl (C=S) groups is 1. The highest BCUT2D eigenvalue weighted by Gasteiger charge is 2.33. The summed E-state index contributed by atoms with van der Waals surface area (Å²) in [5, 5.41) is 8.44. The van der Waals surface area contributed by atoms with E-state index in [0.29, 0.717) is 36.6 Å². The van der Waals surface area contributed by atoms with Crippen molar-refractivity contribution in [2.75, 3.05) is 26.4 Å². The van der Waals surface area contributed by atoms with E-state index in [1.54, 1.807) is 0 Å². The predicted octanol–water partition coefficient (Wildman–Crippen LogP) is 5.22. The number of benzene rings is 2. The maximum absolute atomic E-state index is 5.80. The van der Waals surface area contributed by atoms with E-state index in [1.807, 2.05) is 56.3 Å². The number of allylic oxidation sites excluding steroid dienone is 1. The van der Waals surface area contributed by atoms with Gasteiger partial charge in [0.25, 0.3) is 5.89 Å². The van der Waals surface area contributed by atoms with Crippen molar-refractivity contribution in [3.63, 3.8) is 0 Å². The van der Waals surface area contributed by atoms with Crippen LogP contribution >= 0.6 is 12.2 Å². The van der Waals surface area contributed by atoms with Crippen LogP contribution in [0.25, 0.3) is 17.0 Å². The Morgan fingerprint density at radius 1 is 1.06 bits per heavy atom. The summed E-state index contributed by atoms with van der Waals surface area (Å²) in [4.78, 5) is 6.85. The summed E-state index contributed by atoms with van der Waals surface area (Å²) in [6.45, 7) is 8.76. The van der Waals surface area contributed by atoms with Crippen LogP contribution in [0.4, 0.5) is 0 Å². The van der Waals surface area contributed by atoms with Crippen LogP contribution in [-0.4, -0.2) is 46.5 Å². The third-order valence-corrected chi connectivity index (χ3v) is 6.02. The standard InChI is InChI=1S/C26H30N4O3S/c1-4-31-17-9-16-30-18(3)22(23(27-26(30)34)19-10-7-6-8-11-19)25-28-24(29-33-25)20-12-14-21(15-13-20)32-5-2/h6-8,10-15,23H,4-5,9,16-17H2,1-3H3,(H,27,34). The third kappa shape index (κ3) is 5.29. The molecular weight excluding hydrogens is 448 g/mol. The fourth-order valence-corrected chi connectivity index (χ4v) is 4.36. The Balaban J connectivity index is 1.68. The lowest BCUT2D eigenvalue weighted by atomic mass is 9.95. The van der Waals surface area contributed by atoms with Crippen LogP contribution in [0.5, 0.6) is 5.75 Å². The third-order valence-electron chi connectivity index (χ3n) is 5.68. The van der Waals surface area contributed by atoms with Gasteiger partial charge in [-0.05, 0) is 69.2 Å². The summed E-state index contributed by atoms with van der Waals surface area (Å²) < 4.78 is 16.9. The van der Waals surface area contributed by atoms with Gasteiger partial charge >= 0.3 is 0 Å². The molecular formula is C26H30N4O3S. The molecule has 0 saturated carbocycles. The minimum atomic E-state index is -0.189. The molecule has 4 rings (SSSR count). The molecule has 1 aliphatic rings. The van der Waals surface area contributed by atoms with Gasteiger partial charge in [0.2, 0.25) is 5.82 Å². The molecule has 7 nitrogen and oxygen atoms in total. The molecule has 0 aliphatic carbocycles. The second-order valence-corrected chi connectivity index (χ2v) is 8.26. The lowest BCUT2D eigenvalue weighted by Crippen LogP contribution is -2.46. The molecule has 0 fully saturated rings. The molecule has 1 aliphatic heterocycles. The Hall–Kier alpha value is -3.23. The molecule has 1 unspecified atom stereocenters. The number of ether oxygens (including phenoxy) is 2. The summed E-state index contributed by atoms with van der Waals surface area (Å²) in [6.07, 6.45) is 0.859. The molecule has 2 aromatic carbocycles. The van der Waals surface area contributed by atoms with Crippen molar-refractivity contribution >= 4 is 22.9 Å². The summed E-state index contributed by atoms with van der Waals surface area (Å²) >= 11 is 5.74. The fourth-order valence-electron chi connectivity index (χ4n) is 4.01. The van der Waals surface area contributed by atoms with E-state index < -0.39 is 0 Å². The van der Waals surface area contributed by atoms with Crippen molar-refractivity contribution in [3.8, 4) is 17.1 Å². The van der Waals surface area contributed by atoms with E-state index in [4.69, 9.17) is 31.2 Å². The van der Waals surface area contributed by atoms with Crippen LogP contribution in [-0.2, 0) is 4.74 Å². The number of aromatic nitrogens is 2. The molecule has 178 valence electrons. The van der Waals surface area contributed by atoms with E-state index in [9.17, 15) is 0 Å². The van der Waals surface area contributed by atoms with Gasteiger partial charge < -0.3 is 24.2 Å². The highest BCUT2D eigenvalue weighted by Crippen LogP contribution is 2.37. The molecule has 8 heteroatoms. The van der Waals surface area contributed by atoms with E-state index in [1.165, 1.54) is 0 Å². The molecule has 0 radical (unpaired) electrons. The number of hydrogen-bond donors (Lipinski definition) is 1. The average molecular weight is 479 g/mol. The van der Waals surface area contributed by atoms with E-state index in [-0.39, 0.29) is 6.04 Å². The summed E-state index contributed by atoms with van der Waals surface area (Å²) in [5.41, 5.74) is 3.85. The van der Waals surface area contributed by atoms with Gasteiger partial charge in [0.1, 0.15) is 5.75 Å². The normalized spacial score (nSPS) is 16.0. The van der Waals surface area contributed by atoms with Gasteiger partial charge in [-0.15, -0.1) is 0 Å². The van der Waals surface area contributed by atoms with Crippen LogP contribution in [0.3, 0.4) is 0 Å². The van der Waals surface area contributed by atoms with Gasteiger partial charge in [0, 0.05) is 31.0 Å². The van der Waals surface area contributed by atoms with Crippen molar-refractivity contribution in [1.29, 1.82) is 0 Å². The molecule has 2 heterocycles. The first-order valence-corrected chi connectivity index (χ1v) is 12.0. The monoisotopic (exact) mass is 478 g/mol. The van der Waals surface area contributed by atoms with E-state index in [2.05, 4.69) is 34.4 Å². The van der Waals surface area contributed by atoms with Gasteiger partial charge in [-0.3, -0.25) is 0 Å². The molecule has 34 heavy (non-hydrogen) atoms. The summed E-state index contributed by atoms with van der Waals surface area (Å²) in [6, 6.07) is 17.7. The van der Waals surface area contributed by atoms with Crippen LogP contribution in [0.15, 0.2) is 64.8 Å². The Bertz CT molecular complexity index is 1130. The largest absolute Gasteiger partial charge is 0.494 e. The van der Waals surface area contributed by atoms with Crippen LogP contribution in [0, 0.1) is 0 Å². The zero-order valence-electron chi connectivity index (χ0n) is 19.8. The molecule has 1 atom stereocenters. The SMILES string of the molecule is CCOCCCN1C(=S)NC(c2ccccc2)C(c2nc(-c3ccc(OCC)cc3)no2)=C1C. The first-order chi connectivity index (χ1) is 16.6. The fraction of sp³-hybridized carbons (Fsp3) is 0.346. The van der Waals surface area contributed by atoms with Crippen molar-refractivity contribution < 1.29 is 14.0 Å². The van der Waals surface area contributed by atoms with Gasteiger partial charge in [0.15, 0.2) is 5.11 Å². The minimum absolute atomic E-state index is 0.189. The van der Waals surface area contributed by atoms with Crippen LogP contribution < -0.4 is 10.1 Å². The molecule has 3 aromatic rings. The van der Waals surface area contributed by atoms with E-state index in [0.717, 1.165) is 41.1 Å². The molecule has 0 saturated heterocycles. The zero-order chi connectivity index (χ0) is 23.9. The zero-order valence-corrected chi connectivity index (χ0v) is 20.6. The number of nitrogens with zero attached hydrogens (tertiary/aromatic N) is 3. The average Bonchev–Trinajstić information content (AvgIpc) is 3.34. The second kappa shape index (κ2) is 11.3. The summed E-state index contributed by atoms with van der Waals surface area (Å²) in [5.74, 6) is 1.81. The molecule has 0 spiro atoms. The van der Waals surface area contributed by atoms with Gasteiger partial charge in [-0.2, -0.15) is 4.98 Å². The van der Waals surface area contributed by atoms with Crippen molar-refractivity contribution in [2.24, 2.45) is 0 Å². The number of nitrogens with one attached hydrogen (secondary N) is 1. The second-order valence-electron chi connectivity index (χ2n) is 7.87. The lowest BCUT2D eigenvalue weighted by molar-refractivity contribution is 0.141. The van der Waals surface area contributed by atoms with Gasteiger partial charge in [-0.25, -0.2) is 0 Å². The van der Waals surface area contributed by atoms with Gasteiger partial charge in [-0.1, -0.05) is 35.5 Å². The summed E-state index contributed by atoms with van der Waals surface area (Å²) in [7, 11) is 0. The Morgan fingerprint density at radius 3 is 2.53 bits per heavy atom. The smallest absolute Gasteiger partial charge is 0.258 e. The van der Waals surface area contributed by atoms with Crippen molar-refractivity contribution in [2.45, 2.75) is 33.2 Å². The number of hydrogen-bond acceptors (Lipinski definition) is 6. The Labute approximate surface area is 205 Å². The van der Waals surface area contributed by atoms with Crippen LogP contribution in [0.2, 0.25) is 0 Å². The lowest BCUT2D eigenvalue weighted by Gasteiger charge is -2.37. The quantitative estimate of drug-likeness (QED) is 0.314. The van der Waals surface area contributed by atoms with Gasteiger partial charge in [0.05, 0.1) is 18.2 Å². The molecule has 0 amide bonds. The Kier molecular flexibility index (Phi) is 7.92. The van der Waals surface area contributed by atoms with Crippen LogP contribution in [0.1, 0.15) is 44.7 Å². The maximum Gasteiger partial charge on any atom is 0.258 e. The maximum atomic E-state index is 5.80. The highest BCUT2D eigenvalue weighted by atomic mass is 32.1. The first kappa shape index (κ1) is 23.9. The number of rotatable bonds is 10. The minimum Gasteiger partial charge on any atom is -0.494 e. The Morgan fingerprint density at radius 2 is 1.82 bits per heavy atom. The molecule has 0 bridgehead atoms. The van der Waals surface area contributed by atoms with Crippen molar-refractivity contribution in [3.05, 3.63) is 71.7 Å². The van der Waals surface area contributed by atoms with Crippen molar-refractivity contribution in [1.82, 2.24) is 20.4 Å². The first-order valence-electron chi connectivity index (χ1n) is 11.6. The highest BCUT2D eigenvalue weighted by molar-refractivity contribution is 7.80. The molecule has 1 aromatic heterocycles. The molecule has 1 N–H and O–H groups in total. The van der Waals surface area contributed by atoms with E-state index >= 15 is 0 Å².